The molecule has 3 aromatic rings. The molecule has 1 aliphatic rings. The van der Waals surface area contributed by atoms with Crippen LogP contribution in [0.15, 0.2) is 84.4 Å². The van der Waals surface area contributed by atoms with Gasteiger partial charge >= 0.3 is 0 Å². The summed E-state index contributed by atoms with van der Waals surface area (Å²) in [6, 6.07) is 20.9. The molecule has 3 aromatic carbocycles. The summed E-state index contributed by atoms with van der Waals surface area (Å²) in [6.45, 7) is 2.82. The number of ketones is 1. The molecule has 1 N–H and O–H groups in total. The first-order valence-corrected chi connectivity index (χ1v) is 11.3. The Balaban J connectivity index is 1.80. The summed E-state index contributed by atoms with van der Waals surface area (Å²) in [4.78, 5) is 27.7. The highest BCUT2D eigenvalue weighted by Crippen LogP contribution is 2.41. The molecule has 34 heavy (non-hydrogen) atoms. The third-order valence-corrected chi connectivity index (χ3v) is 5.79. The zero-order valence-corrected chi connectivity index (χ0v) is 18.9. The molecule has 174 valence electrons. The van der Waals surface area contributed by atoms with Crippen LogP contribution in [0.1, 0.15) is 42.5 Å². The number of nitrogens with zero attached hydrogens (tertiary/aromatic N) is 1. The minimum Gasteiger partial charge on any atom is -0.507 e. The average molecular weight is 460 g/mol. The number of unbranched alkanes of at least 4 members (excludes halogenated alkanes) is 1. The first kappa shape index (κ1) is 23.2. The topological polar surface area (TPSA) is 66.8 Å². The molecule has 0 aromatic heterocycles. The molecular weight excluding hydrogens is 433 g/mol. The first-order chi connectivity index (χ1) is 16.5. The van der Waals surface area contributed by atoms with Gasteiger partial charge in [-0.2, -0.15) is 0 Å². The minimum atomic E-state index is -0.819. The van der Waals surface area contributed by atoms with Crippen LogP contribution in [0.5, 0.6) is 5.75 Å². The van der Waals surface area contributed by atoms with E-state index in [2.05, 4.69) is 6.92 Å². The second-order valence-electron chi connectivity index (χ2n) is 8.19. The molecule has 1 fully saturated rings. The lowest BCUT2D eigenvalue weighted by Gasteiger charge is -2.26. The maximum absolute atomic E-state index is 13.4. The van der Waals surface area contributed by atoms with Gasteiger partial charge in [-0.1, -0.05) is 55.8 Å². The number of likely N-dealkylation sites (tertiary alicyclic amines) is 1. The number of carbonyl (C=O) groups excluding carboxylic acids is 2. The highest BCUT2D eigenvalue weighted by molar-refractivity contribution is 6.46. The number of amides is 1. The predicted molar refractivity (Wildman–Crippen MR) is 128 cm³/mol. The number of Topliss-reactive ketones (excluding diaryl/α,β-unsaturated/α-hetero) is 1. The fourth-order valence-electron chi connectivity index (χ4n) is 4.04. The molecule has 5 nitrogen and oxygen atoms in total. The molecule has 0 radical (unpaired) electrons. The van der Waals surface area contributed by atoms with Crippen LogP contribution < -0.4 is 4.74 Å². The van der Waals surface area contributed by atoms with Crippen molar-refractivity contribution in [2.75, 3.05) is 6.61 Å². The van der Waals surface area contributed by atoms with Crippen molar-refractivity contribution >= 4 is 17.4 Å². The van der Waals surface area contributed by atoms with Crippen LogP contribution in [0, 0.1) is 5.82 Å². The zero-order valence-electron chi connectivity index (χ0n) is 18.9. The van der Waals surface area contributed by atoms with Gasteiger partial charge in [0.05, 0.1) is 18.2 Å². The van der Waals surface area contributed by atoms with Crippen LogP contribution >= 0.6 is 0 Å². The van der Waals surface area contributed by atoms with Crippen LogP contribution in [0.3, 0.4) is 0 Å². The summed E-state index contributed by atoms with van der Waals surface area (Å²) in [5, 5.41) is 11.1. The lowest BCUT2D eigenvalue weighted by molar-refractivity contribution is -0.140. The number of hydrogen-bond donors (Lipinski definition) is 1. The Hall–Kier alpha value is -3.93. The van der Waals surface area contributed by atoms with Gasteiger partial charge in [0, 0.05) is 12.1 Å². The number of rotatable bonds is 8. The second-order valence-corrected chi connectivity index (χ2v) is 8.19. The lowest BCUT2D eigenvalue weighted by Crippen LogP contribution is -2.29. The van der Waals surface area contributed by atoms with Gasteiger partial charge in [-0.05, 0) is 53.9 Å². The van der Waals surface area contributed by atoms with E-state index in [9.17, 15) is 19.1 Å². The van der Waals surface area contributed by atoms with Gasteiger partial charge in [0.1, 0.15) is 17.3 Å². The van der Waals surface area contributed by atoms with E-state index in [1.807, 2.05) is 36.4 Å². The summed E-state index contributed by atoms with van der Waals surface area (Å²) < 4.78 is 19.3. The summed E-state index contributed by atoms with van der Waals surface area (Å²) in [7, 11) is 0. The van der Waals surface area contributed by atoms with Crippen LogP contribution in [0.2, 0.25) is 0 Å². The monoisotopic (exact) mass is 459 g/mol. The van der Waals surface area contributed by atoms with E-state index in [4.69, 9.17) is 4.74 Å². The van der Waals surface area contributed by atoms with Gasteiger partial charge in [0.25, 0.3) is 11.7 Å². The lowest BCUT2D eigenvalue weighted by atomic mass is 9.95. The van der Waals surface area contributed by atoms with Crippen molar-refractivity contribution in [3.8, 4) is 5.75 Å². The summed E-state index contributed by atoms with van der Waals surface area (Å²) in [5.41, 5.74) is 1.73. The normalized spacial score (nSPS) is 17.2. The van der Waals surface area contributed by atoms with E-state index in [1.54, 1.807) is 18.2 Å². The Labute approximate surface area is 198 Å². The SMILES string of the molecule is CCCCOc1cccc(C2C(=C(O)c3ccc(F)cc3)C(=O)C(=O)N2Cc2ccccc2)c1. The number of aliphatic hydroxyl groups excluding tert-OH is 1. The summed E-state index contributed by atoms with van der Waals surface area (Å²) in [5.74, 6) is -1.65. The third-order valence-electron chi connectivity index (χ3n) is 5.79. The number of carbonyl (C=O) groups is 2. The number of hydrogen-bond acceptors (Lipinski definition) is 4. The number of halogens is 1. The summed E-state index contributed by atoms with van der Waals surface area (Å²) in [6.07, 6.45) is 1.90. The minimum absolute atomic E-state index is 0.0294. The Morgan fingerprint density at radius 3 is 2.44 bits per heavy atom. The van der Waals surface area contributed by atoms with E-state index < -0.39 is 23.5 Å². The Morgan fingerprint density at radius 2 is 1.74 bits per heavy atom. The number of benzene rings is 3. The van der Waals surface area contributed by atoms with Crippen molar-refractivity contribution in [3.05, 3.63) is 107 Å². The molecule has 6 heteroatoms. The summed E-state index contributed by atoms with van der Waals surface area (Å²) >= 11 is 0. The van der Waals surface area contributed by atoms with Crippen molar-refractivity contribution in [1.82, 2.24) is 4.90 Å². The van der Waals surface area contributed by atoms with E-state index in [0.29, 0.717) is 17.9 Å². The highest BCUT2D eigenvalue weighted by Gasteiger charge is 2.46. The number of aliphatic hydroxyl groups is 1. The van der Waals surface area contributed by atoms with Crippen LogP contribution in [-0.2, 0) is 16.1 Å². The highest BCUT2D eigenvalue weighted by atomic mass is 19.1. The van der Waals surface area contributed by atoms with E-state index in [-0.39, 0.29) is 23.4 Å². The molecule has 1 aliphatic heterocycles. The molecule has 1 unspecified atom stereocenters. The van der Waals surface area contributed by atoms with Crippen molar-refractivity contribution in [1.29, 1.82) is 0 Å². The van der Waals surface area contributed by atoms with Gasteiger partial charge in [-0.25, -0.2) is 4.39 Å². The van der Waals surface area contributed by atoms with E-state index in [0.717, 1.165) is 18.4 Å². The second kappa shape index (κ2) is 10.3. The molecule has 0 aliphatic carbocycles. The molecule has 1 atom stereocenters. The quantitative estimate of drug-likeness (QED) is 0.205. The van der Waals surface area contributed by atoms with E-state index in [1.165, 1.54) is 29.2 Å². The standard InChI is InChI=1S/C28H26FNO4/c1-2-3-16-34-23-11-7-10-21(17-23)25-24(26(31)20-12-14-22(29)15-13-20)27(32)28(33)30(25)18-19-8-5-4-6-9-19/h4-15,17,25,31H,2-3,16,18H2,1H3. The van der Waals surface area contributed by atoms with Gasteiger partial charge < -0.3 is 14.7 Å². The predicted octanol–water partition coefficient (Wildman–Crippen LogP) is 5.63. The van der Waals surface area contributed by atoms with Gasteiger partial charge in [-0.15, -0.1) is 0 Å². The van der Waals surface area contributed by atoms with Crippen molar-refractivity contribution in [2.24, 2.45) is 0 Å². The Morgan fingerprint density at radius 1 is 1.00 bits per heavy atom. The van der Waals surface area contributed by atoms with Crippen molar-refractivity contribution in [3.63, 3.8) is 0 Å². The van der Waals surface area contributed by atoms with Crippen molar-refractivity contribution in [2.45, 2.75) is 32.4 Å². The molecule has 1 amide bonds. The number of ether oxygens (including phenoxy) is 1. The molecule has 1 heterocycles. The molecular formula is C28H26FNO4. The third kappa shape index (κ3) is 4.86. The Bertz CT molecular complexity index is 1200. The fraction of sp³-hybridized carbons (Fsp3) is 0.214. The molecule has 1 saturated heterocycles. The van der Waals surface area contributed by atoms with Gasteiger partial charge in [0.15, 0.2) is 0 Å². The first-order valence-electron chi connectivity index (χ1n) is 11.3. The average Bonchev–Trinajstić information content (AvgIpc) is 3.10. The molecule has 4 rings (SSSR count). The Kier molecular flexibility index (Phi) is 7.07. The molecule has 0 saturated carbocycles. The molecule has 0 spiro atoms. The van der Waals surface area contributed by atoms with Gasteiger partial charge in [0.2, 0.25) is 0 Å². The van der Waals surface area contributed by atoms with Gasteiger partial charge in [-0.3, -0.25) is 9.59 Å². The zero-order chi connectivity index (χ0) is 24.1. The maximum atomic E-state index is 13.4. The molecule has 0 bridgehead atoms. The van der Waals surface area contributed by atoms with Crippen LogP contribution in [0.4, 0.5) is 4.39 Å². The van der Waals surface area contributed by atoms with Crippen LogP contribution in [-0.4, -0.2) is 28.3 Å². The fourth-order valence-corrected chi connectivity index (χ4v) is 4.04. The maximum Gasteiger partial charge on any atom is 0.295 e. The van der Waals surface area contributed by atoms with E-state index >= 15 is 0 Å². The van der Waals surface area contributed by atoms with Crippen LogP contribution in [0.25, 0.3) is 5.76 Å². The smallest absolute Gasteiger partial charge is 0.295 e. The van der Waals surface area contributed by atoms with Crippen molar-refractivity contribution < 1.29 is 23.8 Å². The largest absolute Gasteiger partial charge is 0.507 e.